The van der Waals surface area contributed by atoms with Crippen molar-refractivity contribution in [2.24, 2.45) is 5.92 Å². The van der Waals surface area contributed by atoms with Gasteiger partial charge in [0.1, 0.15) is 5.52 Å². The predicted molar refractivity (Wildman–Crippen MR) is 82.8 cm³/mol. The fourth-order valence-electron chi connectivity index (χ4n) is 2.80. The van der Waals surface area contributed by atoms with E-state index >= 15 is 0 Å². The van der Waals surface area contributed by atoms with Crippen molar-refractivity contribution >= 4 is 5.52 Å². The Morgan fingerprint density at radius 2 is 2.38 bits per heavy atom. The van der Waals surface area contributed by atoms with Crippen molar-refractivity contribution in [3.8, 4) is 5.88 Å². The Labute approximate surface area is 125 Å². The van der Waals surface area contributed by atoms with Crippen LogP contribution in [-0.4, -0.2) is 34.3 Å². The molecule has 5 nitrogen and oxygen atoms in total. The summed E-state index contributed by atoms with van der Waals surface area (Å²) in [4.78, 5) is 4.36. The molecule has 1 N–H and O–H groups in total. The van der Waals surface area contributed by atoms with Crippen LogP contribution in [0.5, 0.6) is 5.88 Å². The predicted octanol–water partition coefficient (Wildman–Crippen LogP) is 2.62. The second-order valence-electron chi connectivity index (χ2n) is 6.14. The number of nitrogens with zero attached hydrogens (tertiary/aromatic N) is 3. The molecule has 0 bridgehead atoms. The third-order valence-electron chi connectivity index (χ3n) is 4.13. The van der Waals surface area contributed by atoms with Gasteiger partial charge in [-0.1, -0.05) is 13.8 Å². The summed E-state index contributed by atoms with van der Waals surface area (Å²) in [6.07, 6.45) is 7.29. The maximum Gasteiger partial charge on any atom is 0.240 e. The first kappa shape index (κ1) is 14.3. The average Bonchev–Trinajstić information content (AvgIpc) is 2.94. The quantitative estimate of drug-likeness (QED) is 0.919. The molecule has 0 radical (unpaired) electrons. The normalized spacial score (nSPS) is 19.3. The van der Waals surface area contributed by atoms with Crippen LogP contribution in [0.25, 0.3) is 5.52 Å². The second-order valence-corrected chi connectivity index (χ2v) is 6.14. The maximum absolute atomic E-state index is 5.92. The zero-order chi connectivity index (χ0) is 14.7. The molecule has 1 atom stereocenters. The minimum Gasteiger partial charge on any atom is -0.476 e. The molecule has 0 spiro atoms. The molecule has 1 unspecified atom stereocenters. The largest absolute Gasteiger partial charge is 0.476 e. The highest BCUT2D eigenvalue weighted by Crippen LogP contribution is 2.22. The van der Waals surface area contributed by atoms with Crippen LogP contribution in [0, 0.1) is 5.92 Å². The van der Waals surface area contributed by atoms with Gasteiger partial charge in [-0.2, -0.15) is 5.10 Å². The van der Waals surface area contributed by atoms with Crippen molar-refractivity contribution in [2.75, 3.05) is 19.7 Å². The molecule has 0 aliphatic carbocycles. The molecule has 1 fully saturated rings. The molecular formula is C16H24N4O. The lowest BCUT2D eigenvalue weighted by Crippen LogP contribution is -2.30. The summed E-state index contributed by atoms with van der Waals surface area (Å²) in [7, 11) is 0. The van der Waals surface area contributed by atoms with Crippen molar-refractivity contribution < 1.29 is 4.74 Å². The second kappa shape index (κ2) is 6.43. The number of fused-ring (bicyclic) bond motifs is 1. The first-order valence-corrected chi connectivity index (χ1v) is 7.92. The van der Waals surface area contributed by atoms with E-state index in [9.17, 15) is 0 Å². The third-order valence-corrected chi connectivity index (χ3v) is 4.13. The summed E-state index contributed by atoms with van der Waals surface area (Å²) in [5.41, 5.74) is 2.03. The lowest BCUT2D eigenvalue weighted by atomic mass is 9.97. The van der Waals surface area contributed by atoms with Crippen molar-refractivity contribution in [1.82, 2.24) is 19.9 Å². The van der Waals surface area contributed by atoms with Crippen molar-refractivity contribution in [3.05, 3.63) is 24.2 Å². The molecule has 114 valence electrons. The van der Waals surface area contributed by atoms with Crippen LogP contribution in [0.1, 0.15) is 44.7 Å². The lowest BCUT2D eigenvalue weighted by Gasteiger charge is -2.22. The van der Waals surface area contributed by atoms with Gasteiger partial charge in [0, 0.05) is 12.4 Å². The maximum atomic E-state index is 5.92. The molecule has 21 heavy (non-hydrogen) atoms. The summed E-state index contributed by atoms with van der Waals surface area (Å²) < 4.78 is 7.78. The van der Waals surface area contributed by atoms with E-state index in [-0.39, 0.29) is 0 Å². The minimum absolute atomic E-state index is 0.408. The third kappa shape index (κ3) is 3.35. The highest BCUT2D eigenvalue weighted by atomic mass is 16.5. The van der Waals surface area contributed by atoms with Crippen molar-refractivity contribution in [3.63, 3.8) is 0 Å². The van der Waals surface area contributed by atoms with Gasteiger partial charge in [-0.15, -0.1) is 0 Å². The molecule has 1 saturated heterocycles. The Morgan fingerprint density at radius 3 is 3.14 bits per heavy atom. The summed E-state index contributed by atoms with van der Waals surface area (Å²) >= 11 is 0. The zero-order valence-corrected chi connectivity index (χ0v) is 12.9. The van der Waals surface area contributed by atoms with Crippen LogP contribution < -0.4 is 10.1 Å². The monoisotopic (exact) mass is 288 g/mol. The Bertz CT molecular complexity index is 587. The van der Waals surface area contributed by atoms with Gasteiger partial charge in [0.25, 0.3) is 0 Å². The van der Waals surface area contributed by atoms with E-state index in [4.69, 9.17) is 4.74 Å². The van der Waals surface area contributed by atoms with Crippen LogP contribution >= 0.6 is 0 Å². The molecule has 0 saturated carbocycles. The fourth-order valence-corrected chi connectivity index (χ4v) is 2.80. The Hall–Kier alpha value is -1.62. The van der Waals surface area contributed by atoms with Crippen molar-refractivity contribution in [1.29, 1.82) is 0 Å². The van der Waals surface area contributed by atoms with E-state index in [0.29, 0.717) is 11.8 Å². The smallest absolute Gasteiger partial charge is 0.240 e. The first-order valence-electron chi connectivity index (χ1n) is 7.92. The van der Waals surface area contributed by atoms with Gasteiger partial charge in [-0.25, -0.2) is 9.50 Å². The number of hydrogen-bond donors (Lipinski definition) is 1. The van der Waals surface area contributed by atoms with E-state index in [1.165, 1.54) is 12.8 Å². The number of hydrogen-bond acceptors (Lipinski definition) is 4. The summed E-state index contributed by atoms with van der Waals surface area (Å²) in [5.74, 6) is 1.83. The lowest BCUT2D eigenvalue weighted by molar-refractivity contribution is 0.249. The summed E-state index contributed by atoms with van der Waals surface area (Å²) in [6, 6.07) is 2.08. The molecule has 3 heterocycles. The highest BCUT2D eigenvalue weighted by molar-refractivity contribution is 5.56. The molecule has 1 aliphatic rings. The van der Waals surface area contributed by atoms with E-state index in [0.717, 1.165) is 43.2 Å². The number of aromatic nitrogens is 3. The van der Waals surface area contributed by atoms with E-state index < -0.39 is 0 Å². The van der Waals surface area contributed by atoms with Gasteiger partial charge < -0.3 is 10.1 Å². The van der Waals surface area contributed by atoms with Gasteiger partial charge in [-0.3, -0.25) is 0 Å². The molecule has 1 aliphatic heterocycles. The Balaban J connectivity index is 1.65. The van der Waals surface area contributed by atoms with Crippen LogP contribution in [0.3, 0.4) is 0 Å². The average molecular weight is 288 g/mol. The molecule has 5 heteroatoms. The van der Waals surface area contributed by atoms with Crippen LogP contribution in [0.2, 0.25) is 0 Å². The highest BCUT2D eigenvalue weighted by Gasteiger charge is 2.14. The molecule has 3 rings (SSSR count). The SMILES string of the molecule is CC(C)c1cc2c(OCCC3CCCNC3)nccn2n1. The molecule has 0 amide bonds. The Kier molecular flexibility index (Phi) is 4.39. The minimum atomic E-state index is 0.408. The van der Waals surface area contributed by atoms with Gasteiger partial charge in [-0.05, 0) is 50.3 Å². The first-order chi connectivity index (χ1) is 10.2. The van der Waals surface area contributed by atoms with Gasteiger partial charge in [0.15, 0.2) is 0 Å². The van der Waals surface area contributed by atoms with Crippen LogP contribution in [-0.2, 0) is 0 Å². The van der Waals surface area contributed by atoms with E-state index in [2.05, 4.69) is 35.3 Å². The number of piperidine rings is 1. The van der Waals surface area contributed by atoms with Gasteiger partial charge >= 0.3 is 0 Å². The summed E-state index contributed by atoms with van der Waals surface area (Å²) in [5, 5.41) is 8.00. The molecule has 0 aromatic carbocycles. The number of ether oxygens (including phenoxy) is 1. The summed E-state index contributed by atoms with van der Waals surface area (Å²) in [6.45, 7) is 7.29. The fraction of sp³-hybridized carbons (Fsp3) is 0.625. The van der Waals surface area contributed by atoms with Crippen molar-refractivity contribution in [2.45, 2.75) is 39.0 Å². The van der Waals surface area contributed by atoms with Crippen LogP contribution in [0.15, 0.2) is 18.5 Å². The topological polar surface area (TPSA) is 51.5 Å². The molecule has 2 aromatic heterocycles. The van der Waals surface area contributed by atoms with E-state index in [1.54, 1.807) is 6.20 Å². The Morgan fingerprint density at radius 1 is 1.48 bits per heavy atom. The van der Waals surface area contributed by atoms with E-state index in [1.807, 2.05) is 10.7 Å². The number of rotatable bonds is 5. The standard InChI is InChI=1S/C16H24N4O/c1-12(2)14-10-15-16(18-7-8-20(15)19-14)21-9-5-13-4-3-6-17-11-13/h7-8,10,12-13,17H,3-6,9,11H2,1-2H3. The number of nitrogens with one attached hydrogen (secondary N) is 1. The molecular weight excluding hydrogens is 264 g/mol. The van der Waals surface area contributed by atoms with Crippen LogP contribution in [0.4, 0.5) is 0 Å². The molecule has 2 aromatic rings. The van der Waals surface area contributed by atoms with Gasteiger partial charge in [0.05, 0.1) is 12.3 Å². The zero-order valence-electron chi connectivity index (χ0n) is 12.9. The van der Waals surface area contributed by atoms with Gasteiger partial charge in [0.2, 0.25) is 5.88 Å².